The van der Waals surface area contributed by atoms with Gasteiger partial charge in [-0.1, -0.05) is 67.1 Å². The molecule has 0 unspecified atom stereocenters. The standard InChI is InChI=1S/C22H23ClN2O3S/c1-3-21(25(29(2,27)28)19-12-7-11-18(23)14-19)22(26)24-15-17-10-6-9-16-8-4-5-13-20(16)17/h4-14,21H,3,15H2,1-2H3,(H,24,26)/t21-/m1/s1. The Bertz CT molecular complexity index is 1130. The second kappa shape index (κ2) is 8.84. The summed E-state index contributed by atoms with van der Waals surface area (Å²) in [5, 5.41) is 5.45. The zero-order valence-corrected chi connectivity index (χ0v) is 17.9. The number of nitrogens with zero attached hydrogens (tertiary/aromatic N) is 1. The number of sulfonamides is 1. The van der Waals surface area contributed by atoms with Crippen LogP contribution in [0.1, 0.15) is 18.9 Å². The van der Waals surface area contributed by atoms with E-state index in [4.69, 9.17) is 11.6 Å². The van der Waals surface area contributed by atoms with Crippen molar-refractivity contribution in [2.45, 2.75) is 25.9 Å². The number of halogens is 1. The summed E-state index contributed by atoms with van der Waals surface area (Å²) in [4.78, 5) is 13.0. The van der Waals surface area contributed by atoms with Gasteiger partial charge in [0.1, 0.15) is 6.04 Å². The Balaban J connectivity index is 1.86. The van der Waals surface area contributed by atoms with Crippen LogP contribution >= 0.6 is 11.6 Å². The highest BCUT2D eigenvalue weighted by Gasteiger charge is 2.31. The molecule has 1 atom stereocenters. The van der Waals surface area contributed by atoms with Crippen LogP contribution in [0.4, 0.5) is 5.69 Å². The second-order valence-corrected chi connectivity index (χ2v) is 9.11. The van der Waals surface area contributed by atoms with Crippen LogP contribution in [0.3, 0.4) is 0 Å². The van der Waals surface area contributed by atoms with Gasteiger partial charge >= 0.3 is 0 Å². The summed E-state index contributed by atoms with van der Waals surface area (Å²) in [6.07, 6.45) is 1.41. The fraction of sp³-hybridized carbons (Fsp3) is 0.227. The molecule has 0 fully saturated rings. The van der Waals surface area contributed by atoms with E-state index in [0.29, 0.717) is 23.7 Å². The summed E-state index contributed by atoms with van der Waals surface area (Å²) in [6.45, 7) is 2.09. The quantitative estimate of drug-likeness (QED) is 0.605. The molecule has 1 amide bonds. The van der Waals surface area contributed by atoms with Crippen molar-refractivity contribution >= 4 is 44.0 Å². The van der Waals surface area contributed by atoms with Crippen LogP contribution in [0.15, 0.2) is 66.7 Å². The number of rotatable bonds is 7. The third-order valence-corrected chi connectivity index (χ3v) is 6.14. The molecule has 3 rings (SSSR count). The Morgan fingerprint density at radius 3 is 2.45 bits per heavy atom. The predicted octanol–water partition coefficient (Wildman–Crippen LogP) is 4.35. The van der Waals surface area contributed by atoms with Gasteiger partial charge in [-0.15, -0.1) is 0 Å². The van der Waals surface area contributed by atoms with Gasteiger partial charge in [0.05, 0.1) is 11.9 Å². The van der Waals surface area contributed by atoms with Gasteiger partial charge in [0.25, 0.3) is 0 Å². The molecular formula is C22H23ClN2O3S. The summed E-state index contributed by atoms with van der Waals surface area (Å²) in [7, 11) is -3.69. The van der Waals surface area contributed by atoms with Crippen molar-refractivity contribution in [1.82, 2.24) is 5.32 Å². The molecule has 0 radical (unpaired) electrons. The molecule has 0 aliphatic rings. The molecule has 0 aromatic heterocycles. The molecule has 0 saturated heterocycles. The molecule has 0 heterocycles. The Labute approximate surface area is 176 Å². The van der Waals surface area contributed by atoms with Crippen LogP contribution in [-0.2, 0) is 21.4 Å². The van der Waals surface area contributed by atoms with Crippen LogP contribution in [-0.4, -0.2) is 26.6 Å². The number of nitrogens with one attached hydrogen (secondary N) is 1. The van der Waals surface area contributed by atoms with Gasteiger partial charge in [-0.2, -0.15) is 0 Å². The lowest BCUT2D eigenvalue weighted by molar-refractivity contribution is -0.122. The molecule has 1 N–H and O–H groups in total. The van der Waals surface area contributed by atoms with Crippen molar-refractivity contribution in [1.29, 1.82) is 0 Å². The van der Waals surface area contributed by atoms with Crippen molar-refractivity contribution in [3.8, 4) is 0 Å². The maximum atomic E-state index is 13.0. The maximum absolute atomic E-state index is 13.0. The molecular weight excluding hydrogens is 408 g/mol. The SMILES string of the molecule is CC[C@H](C(=O)NCc1cccc2ccccc12)N(c1cccc(Cl)c1)S(C)(=O)=O. The number of fused-ring (bicyclic) bond motifs is 1. The number of hydrogen-bond acceptors (Lipinski definition) is 3. The van der Waals surface area contributed by atoms with E-state index in [-0.39, 0.29) is 5.91 Å². The van der Waals surface area contributed by atoms with Crippen molar-refractivity contribution < 1.29 is 13.2 Å². The van der Waals surface area contributed by atoms with E-state index in [1.54, 1.807) is 31.2 Å². The van der Waals surface area contributed by atoms with E-state index in [2.05, 4.69) is 5.32 Å². The lowest BCUT2D eigenvalue weighted by atomic mass is 10.0. The van der Waals surface area contributed by atoms with Crippen molar-refractivity contribution in [3.63, 3.8) is 0 Å². The Kier molecular flexibility index (Phi) is 6.45. The summed E-state index contributed by atoms with van der Waals surface area (Å²) in [5.74, 6) is -0.356. The molecule has 0 aliphatic heterocycles. The van der Waals surface area contributed by atoms with Gasteiger partial charge in [-0.3, -0.25) is 9.10 Å². The Morgan fingerprint density at radius 1 is 1.07 bits per heavy atom. The summed E-state index contributed by atoms with van der Waals surface area (Å²) < 4.78 is 26.1. The number of hydrogen-bond donors (Lipinski definition) is 1. The molecule has 3 aromatic carbocycles. The summed E-state index contributed by atoms with van der Waals surface area (Å²) in [6, 6.07) is 19.5. The van der Waals surface area contributed by atoms with Gasteiger partial charge in [0.15, 0.2) is 0 Å². The first-order valence-corrected chi connectivity index (χ1v) is 11.5. The van der Waals surface area contributed by atoms with E-state index in [1.807, 2.05) is 42.5 Å². The zero-order chi connectivity index (χ0) is 21.0. The fourth-order valence-corrected chi connectivity index (χ4v) is 4.81. The normalized spacial score (nSPS) is 12.5. The average Bonchev–Trinajstić information content (AvgIpc) is 2.69. The van der Waals surface area contributed by atoms with E-state index in [9.17, 15) is 13.2 Å². The lowest BCUT2D eigenvalue weighted by Gasteiger charge is -2.30. The van der Waals surface area contributed by atoms with Crippen LogP contribution in [0, 0.1) is 0 Å². The predicted molar refractivity (Wildman–Crippen MR) is 119 cm³/mol. The third kappa shape index (κ3) is 4.89. The Hall–Kier alpha value is -2.57. The largest absolute Gasteiger partial charge is 0.350 e. The molecule has 7 heteroatoms. The number of benzene rings is 3. The molecule has 3 aromatic rings. The molecule has 0 spiro atoms. The smallest absolute Gasteiger partial charge is 0.244 e. The van der Waals surface area contributed by atoms with E-state index < -0.39 is 16.1 Å². The van der Waals surface area contributed by atoms with Crippen molar-refractivity contribution in [3.05, 3.63) is 77.3 Å². The average molecular weight is 431 g/mol. The van der Waals surface area contributed by atoms with E-state index in [1.165, 1.54) is 0 Å². The topological polar surface area (TPSA) is 66.5 Å². The van der Waals surface area contributed by atoms with Gasteiger partial charge in [-0.25, -0.2) is 8.42 Å². The highest BCUT2D eigenvalue weighted by molar-refractivity contribution is 7.92. The van der Waals surface area contributed by atoms with Crippen LogP contribution in [0.5, 0.6) is 0 Å². The molecule has 29 heavy (non-hydrogen) atoms. The van der Waals surface area contributed by atoms with Crippen molar-refractivity contribution in [2.75, 3.05) is 10.6 Å². The minimum atomic E-state index is -3.69. The number of amides is 1. The monoisotopic (exact) mass is 430 g/mol. The highest BCUT2D eigenvalue weighted by atomic mass is 35.5. The Morgan fingerprint density at radius 2 is 1.76 bits per heavy atom. The van der Waals surface area contributed by atoms with E-state index in [0.717, 1.165) is 26.9 Å². The highest BCUT2D eigenvalue weighted by Crippen LogP contribution is 2.25. The van der Waals surface area contributed by atoms with E-state index >= 15 is 0 Å². The van der Waals surface area contributed by atoms with Crippen LogP contribution < -0.4 is 9.62 Å². The summed E-state index contributed by atoms with van der Waals surface area (Å²) >= 11 is 6.04. The fourth-order valence-electron chi connectivity index (χ4n) is 3.42. The lowest BCUT2D eigenvalue weighted by Crippen LogP contribution is -2.49. The zero-order valence-electron chi connectivity index (χ0n) is 16.3. The minimum absolute atomic E-state index is 0.309. The first kappa shape index (κ1) is 21.1. The van der Waals surface area contributed by atoms with Crippen LogP contribution in [0.25, 0.3) is 10.8 Å². The van der Waals surface area contributed by atoms with Gasteiger partial charge in [-0.05, 0) is 41.0 Å². The van der Waals surface area contributed by atoms with Gasteiger partial charge in [0, 0.05) is 11.6 Å². The van der Waals surface area contributed by atoms with Crippen molar-refractivity contribution in [2.24, 2.45) is 0 Å². The van der Waals surface area contributed by atoms with Gasteiger partial charge < -0.3 is 5.32 Å². The number of carbonyl (C=O) groups is 1. The molecule has 0 aliphatic carbocycles. The summed E-state index contributed by atoms with van der Waals surface area (Å²) in [5.41, 5.74) is 1.34. The maximum Gasteiger partial charge on any atom is 0.244 e. The van der Waals surface area contributed by atoms with Crippen LogP contribution in [0.2, 0.25) is 5.02 Å². The minimum Gasteiger partial charge on any atom is -0.350 e. The second-order valence-electron chi connectivity index (χ2n) is 6.82. The first-order valence-electron chi connectivity index (χ1n) is 9.30. The molecule has 0 saturated carbocycles. The van der Waals surface area contributed by atoms with Gasteiger partial charge in [0.2, 0.25) is 15.9 Å². The molecule has 0 bridgehead atoms. The number of carbonyl (C=O) groups excluding carboxylic acids is 1. The molecule has 152 valence electrons. The third-order valence-electron chi connectivity index (χ3n) is 4.73. The first-order chi connectivity index (χ1) is 13.8. The molecule has 5 nitrogen and oxygen atoms in total. The number of anilines is 1.